The summed E-state index contributed by atoms with van der Waals surface area (Å²) in [5.41, 5.74) is 2.56. The van der Waals surface area contributed by atoms with Crippen LogP contribution in [0.3, 0.4) is 0 Å². The molecule has 3 heteroatoms. The highest BCUT2D eigenvalue weighted by atomic mass is 16.7. The Kier molecular flexibility index (Phi) is 5.93. The van der Waals surface area contributed by atoms with Crippen molar-refractivity contribution in [3.63, 3.8) is 0 Å². The van der Waals surface area contributed by atoms with Crippen LogP contribution < -0.4 is 5.48 Å². The molecule has 3 nitrogen and oxygen atoms in total. The minimum Gasteiger partial charge on any atom is -0.376 e. The Labute approximate surface area is 56.3 Å². The van der Waals surface area contributed by atoms with E-state index in [0.717, 1.165) is 0 Å². The Bertz CT molecular complexity index is 57.0. The summed E-state index contributed by atoms with van der Waals surface area (Å²) >= 11 is 0. The molecule has 0 aliphatic carbocycles. The van der Waals surface area contributed by atoms with Gasteiger partial charge in [-0.2, -0.15) is 0 Å². The molecule has 0 aromatic carbocycles. The highest BCUT2D eigenvalue weighted by Gasteiger charge is 1.90. The van der Waals surface area contributed by atoms with E-state index in [4.69, 9.17) is 9.57 Å². The van der Waals surface area contributed by atoms with Crippen molar-refractivity contribution in [2.45, 2.75) is 20.0 Å². The molecule has 0 aromatic heterocycles. The molecule has 0 saturated heterocycles. The van der Waals surface area contributed by atoms with Crippen molar-refractivity contribution in [3.8, 4) is 0 Å². The number of ether oxygens (including phenoxy) is 1. The first-order valence-electron chi connectivity index (χ1n) is 3.17. The first-order valence-corrected chi connectivity index (χ1v) is 3.17. The Morgan fingerprint density at radius 3 is 2.44 bits per heavy atom. The molecule has 0 unspecified atom stereocenters. The normalized spacial score (nSPS) is 10.7. The lowest BCUT2D eigenvalue weighted by atomic mass is 10.5. The third-order valence-electron chi connectivity index (χ3n) is 0.781. The molecular weight excluding hydrogens is 118 g/mol. The molecule has 56 valence electrons. The maximum Gasteiger partial charge on any atom is 0.0916 e. The topological polar surface area (TPSA) is 30.5 Å². The van der Waals surface area contributed by atoms with Gasteiger partial charge in [0.1, 0.15) is 0 Å². The van der Waals surface area contributed by atoms with Crippen LogP contribution in [0.5, 0.6) is 0 Å². The second-order valence-electron chi connectivity index (χ2n) is 1.97. The summed E-state index contributed by atoms with van der Waals surface area (Å²) in [7, 11) is 1.73. The van der Waals surface area contributed by atoms with Gasteiger partial charge in [-0.05, 0) is 13.8 Å². The smallest absolute Gasteiger partial charge is 0.0916 e. The standard InChI is InChI=1S/C6H15NO2/c1-6(2)8-4-5-9-7-3/h6-7H,4-5H2,1-3H3. The Morgan fingerprint density at radius 1 is 1.33 bits per heavy atom. The molecule has 0 aliphatic rings. The zero-order valence-corrected chi connectivity index (χ0v) is 6.31. The molecule has 0 spiro atoms. The van der Waals surface area contributed by atoms with Gasteiger partial charge in [-0.25, -0.2) is 5.48 Å². The van der Waals surface area contributed by atoms with Crippen LogP contribution >= 0.6 is 0 Å². The minimum atomic E-state index is 0.297. The van der Waals surface area contributed by atoms with Crippen LogP contribution in [0.1, 0.15) is 13.8 Å². The second-order valence-corrected chi connectivity index (χ2v) is 1.97. The largest absolute Gasteiger partial charge is 0.376 e. The summed E-state index contributed by atoms with van der Waals surface area (Å²) in [5.74, 6) is 0. The fourth-order valence-corrected chi connectivity index (χ4v) is 0.428. The van der Waals surface area contributed by atoms with Crippen molar-refractivity contribution in [1.82, 2.24) is 5.48 Å². The van der Waals surface area contributed by atoms with Gasteiger partial charge in [-0.3, -0.25) is 4.84 Å². The molecular formula is C6H15NO2. The van der Waals surface area contributed by atoms with E-state index in [9.17, 15) is 0 Å². The lowest BCUT2D eigenvalue weighted by molar-refractivity contribution is -0.0122. The summed E-state index contributed by atoms with van der Waals surface area (Å²) in [5, 5.41) is 0. The van der Waals surface area contributed by atoms with Crippen LogP contribution in [-0.2, 0) is 9.57 Å². The third-order valence-corrected chi connectivity index (χ3v) is 0.781. The van der Waals surface area contributed by atoms with Gasteiger partial charge in [0.15, 0.2) is 0 Å². The molecule has 0 saturated carbocycles. The summed E-state index contributed by atoms with van der Waals surface area (Å²) in [4.78, 5) is 4.81. The lowest BCUT2D eigenvalue weighted by Gasteiger charge is -2.06. The van der Waals surface area contributed by atoms with Crippen LogP contribution in [0.2, 0.25) is 0 Å². The van der Waals surface area contributed by atoms with Crippen LogP contribution in [0.25, 0.3) is 0 Å². The SMILES string of the molecule is CNOCCOC(C)C. The molecule has 0 rings (SSSR count). The fraction of sp³-hybridized carbons (Fsp3) is 1.00. The van der Waals surface area contributed by atoms with Gasteiger partial charge < -0.3 is 4.74 Å². The van der Waals surface area contributed by atoms with Gasteiger partial charge in [0.25, 0.3) is 0 Å². The predicted molar refractivity (Wildman–Crippen MR) is 36.1 cm³/mol. The third kappa shape index (κ3) is 7.88. The van der Waals surface area contributed by atoms with E-state index >= 15 is 0 Å². The lowest BCUT2D eigenvalue weighted by Crippen LogP contribution is -2.15. The van der Waals surface area contributed by atoms with Crippen molar-refractivity contribution >= 4 is 0 Å². The highest BCUT2D eigenvalue weighted by molar-refractivity contribution is 4.34. The molecule has 0 atom stereocenters. The van der Waals surface area contributed by atoms with Crippen LogP contribution in [0.4, 0.5) is 0 Å². The Hall–Kier alpha value is -0.120. The first-order chi connectivity index (χ1) is 4.27. The van der Waals surface area contributed by atoms with Crippen molar-refractivity contribution < 1.29 is 9.57 Å². The number of hydrogen-bond donors (Lipinski definition) is 1. The summed E-state index contributed by atoms with van der Waals surface area (Å²) in [6.45, 7) is 5.26. The monoisotopic (exact) mass is 133 g/mol. The quantitative estimate of drug-likeness (QED) is 0.439. The summed E-state index contributed by atoms with van der Waals surface area (Å²) < 4.78 is 5.18. The number of hydroxylamine groups is 1. The van der Waals surface area contributed by atoms with Gasteiger partial charge in [0.2, 0.25) is 0 Å². The minimum absolute atomic E-state index is 0.297. The molecule has 0 bridgehead atoms. The first kappa shape index (κ1) is 8.88. The maximum absolute atomic E-state index is 5.18. The van der Waals surface area contributed by atoms with Crippen molar-refractivity contribution in [2.24, 2.45) is 0 Å². The van der Waals surface area contributed by atoms with Crippen LogP contribution in [0, 0.1) is 0 Å². The molecule has 9 heavy (non-hydrogen) atoms. The molecule has 0 heterocycles. The van der Waals surface area contributed by atoms with Crippen molar-refractivity contribution in [3.05, 3.63) is 0 Å². The number of nitrogens with one attached hydrogen (secondary N) is 1. The second kappa shape index (κ2) is 6.01. The average Bonchev–Trinajstić information content (AvgIpc) is 1.80. The van der Waals surface area contributed by atoms with Gasteiger partial charge in [-0.1, -0.05) is 0 Å². The average molecular weight is 133 g/mol. The number of rotatable bonds is 5. The van der Waals surface area contributed by atoms with E-state index in [1.165, 1.54) is 0 Å². The summed E-state index contributed by atoms with van der Waals surface area (Å²) in [6, 6.07) is 0. The van der Waals surface area contributed by atoms with E-state index in [0.29, 0.717) is 19.3 Å². The van der Waals surface area contributed by atoms with E-state index in [1.54, 1.807) is 7.05 Å². The molecule has 0 radical (unpaired) electrons. The molecule has 1 N–H and O–H groups in total. The summed E-state index contributed by atoms with van der Waals surface area (Å²) in [6.07, 6.45) is 0.297. The van der Waals surface area contributed by atoms with Gasteiger partial charge >= 0.3 is 0 Å². The molecule has 0 amide bonds. The molecule has 0 aromatic rings. The Balaban J connectivity index is 2.75. The van der Waals surface area contributed by atoms with E-state index in [1.807, 2.05) is 13.8 Å². The van der Waals surface area contributed by atoms with Gasteiger partial charge in [0, 0.05) is 7.05 Å². The molecule has 0 aliphatic heterocycles. The Morgan fingerprint density at radius 2 is 2.00 bits per heavy atom. The van der Waals surface area contributed by atoms with E-state index in [-0.39, 0.29) is 0 Å². The highest BCUT2D eigenvalue weighted by Crippen LogP contribution is 1.85. The van der Waals surface area contributed by atoms with Crippen LogP contribution in [-0.4, -0.2) is 26.4 Å². The zero-order chi connectivity index (χ0) is 7.11. The van der Waals surface area contributed by atoms with E-state index < -0.39 is 0 Å². The van der Waals surface area contributed by atoms with E-state index in [2.05, 4.69) is 5.48 Å². The molecule has 0 fully saturated rings. The van der Waals surface area contributed by atoms with Gasteiger partial charge in [-0.15, -0.1) is 0 Å². The fourth-order valence-electron chi connectivity index (χ4n) is 0.428. The maximum atomic E-state index is 5.18. The van der Waals surface area contributed by atoms with Crippen molar-refractivity contribution in [1.29, 1.82) is 0 Å². The number of hydrogen-bond acceptors (Lipinski definition) is 3. The van der Waals surface area contributed by atoms with Gasteiger partial charge in [0.05, 0.1) is 19.3 Å². The zero-order valence-electron chi connectivity index (χ0n) is 6.31. The van der Waals surface area contributed by atoms with Crippen molar-refractivity contribution in [2.75, 3.05) is 20.3 Å². The predicted octanol–water partition coefficient (Wildman–Crippen LogP) is 0.562. The van der Waals surface area contributed by atoms with Crippen LogP contribution in [0.15, 0.2) is 0 Å².